The number of benzene rings is 1. The van der Waals surface area contributed by atoms with Crippen molar-refractivity contribution < 1.29 is 43.9 Å². The number of carbonyl (C=O) groups is 2. The van der Waals surface area contributed by atoms with Crippen molar-refractivity contribution in [2.45, 2.75) is 69.7 Å². The molecule has 10 heteroatoms. The Labute approximate surface area is 228 Å². The largest absolute Gasteiger partial charge is 0.390 e. The maximum Gasteiger partial charge on any atom is 0.221 e. The first-order valence-corrected chi connectivity index (χ1v) is 14.7. The van der Waals surface area contributed by atoms with Gasteiger partial charge in [-0.05, 0) is 62.2 Å². The Kier molecular flexibility index (Phi) is 8.02. The van der Waals surface area contributed by atoms with Crippen molar-refractivity contribution in [1.29, 1.82) is 0 Å². The van der Waals surface area contributed by atoms with Gasteiger partial charge in [-0.3, -0.25) is 14.2 Å². The summed E-state index contributed by atoms with van der Waals surface area (Å²) in [5.41, 5.74) is -4.68. The van der Waals surface area contributed by atoms with E-state index >= 15 is 4.39 Å². The summed E-state index contributed by atoms with van der Waals surface area (Å²) in [5.74, 6) is -3.34. The second kappa shape index (κ2) is 10.4. The summed E-state index contributed by atoms with van der Waals surface area (Å²) < 4.78 is 27.3. The quantitative estimate of drug-likeness (QED) is 0.350. The Morgan fingerprint density at radius 2 is 1.85 bits per heavy atom. The Morgan fingerprint density at radius 3 is 2.44 bits per heavy atom. The maximum absolute atomic E-state index is 16.9. The lowest BCUT2D eigenvalue weighted by atomic mass is 9.44. The van der Waals surface area contributed by atoms with Gasteiger partial charge in [-0.2, -0.15) is 0 Å². The van der Waals surface area contributed by atoms with Crippen LogP contribution in [-0.4, -0.2) is 60.9 Å². The lowest BCUT2D eigenvalue weighted by Gasteiger charge is -2.62. The van der Waals surface area contributed by atoms with Crippen LogP contribution in [0.1, 0.15) is 57.9 Å². The number of carbonyl (C=O) groups excluding carboxylic acids is 2. The van der Waals surface area contributed by atoms with Crippen LogP contribution in [0.3, 0.4) is 0 Å². The van der Waals surface area contributed by atoms with Crippen molar-refractivity contribution >= 4 is 19.6 Å². The van der Waals surface area contributed by atoms with Crippen LogP contribution in [0.5, 0.6) is 0 Å². The number of aliphatic hydroxyl groups excluding tert-OH is 3. The molecule has 0 aromatic heterocycles. The monoisotopic (exact) mass is 564 g/mol. The number of fused-ring (bicyclic) bond motifs is 5. The van der Waals surface area contributed by atoms with Crippen molar-refractivity contribution in [3.05, 3.63) is 59.7 Å². The van der Waals surface area contributed by atoms with Crippen LogP contribution in [-0.2, 0) is 14.2 Å². The molecule has 214 valence electrons. The van der Waals surface area contributed by atoms with E-state index in [1.54, 1.807) is 57.2 Å². The molecule has 5 rings (SSSR count). The third kappa shape index (κ3) is 4.33. The first-order valence-electron chi connectivity index (χ1n) is 13.3. The number of hydrogen-bond acceptors (Lipinski definition) is 7. The number of rotatable bonds is 4. The summed E-state index contributed by atoms with van der Waals surface area (Å²) in [7, 11) is -2.86. The topological polar surface area (TPSA) is 152 Å². The molecule has 1 aromatic rings. The van der Waals surface area contributed by atoms with E-state index in [-0.39, 0.29) is 18.1 Å². The van der Waals surface area contributed by atoms with Crippen molar-refractivity contribution in [1.82, 2.24) is 0 Å². The Bertz CT molecular complexity index is 1220. The van der Waals surface area contributed by atoms with Gasteiger partial charge in [-0.1, -0.05) is 55.8 Å². The third-order valence-electron chi connectivity index (χ3n) is 10.1. The van der Waals surface area contributed by atoms with Gasteiger partial charge in [0, 0.05) is 16.7 Å². The van der Waals surface area contributed by atoms with Crippen LogP contribution < -0.4 is 0 Å². The van der Waals surface area contributed by atoms with Crippen molar-refractivity contribution in [3.63, 3.8) is 0 Å². The molecule has 1 aromatic carbocycles. The Hall–Kier alpha value is -2.00. The number of hydrogen-bond donors (Lipinski definition) is 5. The van der Waals surface area contributed by atoms with Gasteiger partial charge in [-0.15, -0.1) is 0 Å². The van der Waals surface area contributed by atoms with E-state index in [2.05, 4.69) is 0 Å². The highest BCUT2D eigenvalue weighted by Gasteiger charge is 2.75. The summed E-state index contributed by atoms with van der Waals surface area (Å²) in [6.07, 6.45) is 4.44. The Morgan fingerprint density at radius 1 is 1.21 bits per heavy atom. The van der Waals surface area contributed by atoms with Gasteiger partial charge in [0.25, 0.3) is 0 Å². The van der Waals surface area contributed by atoms with Gasteiger partial charge >= 0.3 is 0 Å². The molecule has 5 N–H and O–H groups in total. The summed E-state index contributed by atoms with van der Waals surface area (Å²) in [5, 5.41) is 41.0. The van der Waals surface area contributed by atoms with Crippen LogP contribution in [0.15, 0.2) is 54.1 Å². The molecule has 0 radical (unpaired) electrons. The molecule has 4 aliphatic rings. The van der Waals surface area contributed by atoms with Crippen molar-refractivity contribution in [2.75, 3.05) is 6.61 Å². The highest BCUT2D eigenvalue weighted by molar-refractivity contribution is 7.38. The molecule has 4 aliphatic carbocycles. The molecule has 0 saturated heterocycles. The van der Waals surface area contributed by atoms with E-state index in [1.165, 1.54) is 12.2 Å². The summed E-state index contributed by atoms with van der Waals surface area (Å²) in [6.45, 7) is 4.48. The van der Waals surface area contributed by atoms with Crippen LogP contribution >= 0.6 is 8.03 Å². The van der Waals surface area contributed by atoms with E-state index in [0.29, 0.717) is 30.4 Å². The van der Waals surface area contributed by atoms with Crippen LogP contribution in [0.4, 0.5) is 4.39 Å². The molecular formula is C29H38FO8P. The number of ketones is 2. The van der Waals surface area contributed by atoms with Gasteiger partial charge in [0.2, 0.25) is 8.03 Å². The minimum absolute atomic E-state index is 0.0676. The standard InChI is InChI=1S/C22H29FO5.C7H9O3P/c1-12-8-16-15-5-4-13-9-14(25)6-7-19(13,2)21(15,23)17(26)10-20(16,3)22(12,28)18(27)11-24;8-7(11(9)10)6-4-2-1-3-5-6/h6-7,9,12,15-17,24,26,28H,4-5,8,10-11H2,1-3H3;1-5,7-8,11H,(H,9,10)/t12-,15-,16-,17-,19-,20-,21-,22-;/m0./s1. The maximum atomic E-state index is 16.9. The first-order chi connectivity index (χ1) is 18.2. The Balaban J connectivity index is 0.000000270. The zero-order valence-electron chi connectivity index (χ0n) is 22.4. The number of alkyl halides is 1. The van der Waals surface area contributed by atoms with E-state index in [4.69, 9.17) is 10.00 Å². The van der Waals surface area contributed by atoms with E-state index in [9.17, 15) is 29.5 Å². The fourth-order valence-electron chi connectivity index (χ4n) is 8.04. The lowest BCUT2D eigenvalue weighted by Crippen LogP contribution is -2.69. The lowest BCUT2D eigenvalue weighted by molar-refractivity contribution is -0.219. The predicted octanol–water partition coefficient (Wildman–Crippen LogP) is 3.04. The smallest absolute Gasteiger partial charge is 0.221 e. The van der Waals surface area contributed by atoms with Crippen molar-refractivity contribution in [3.8, 4) is 0 Å². The van der Waals surface area contributed by atoms with Crippen LogP contribution in [0, 0.1) is 28.6 Å². The van der Waals surface area contributed by atoms with Gasteiger partial charge < -0.3 is 25.3 Å². The highest BCUT2D eigenvalue weighted by atomic mass is 31.1. The molecule has 0 spiro atoms. The van der Waals surface area contributed by atoms with E-state index < -0.39 is 66.3 Å². The second-order valence-corrected chi connectivity index (χ2v) is 13.1. The van der Waals surface area contributed by atoms with E-state index in [1.807, 2.05) is 0 Å². The van der Waals surface area contributed by atoms with Gasteiger partial charge in [0.05, 0.1) is 6.10 Å². The average Bonchev–Trinajstić information content (AvgIpc) is 3.11. The van der Waals surface area contributed by atoms with Crippen LogP contribution in [0.25, 0.3) is 0 Å². The minimum atomic E-state index is -2.86. The molecule has 3 saturated carbocycles. The summed E-state index contributed by atoms with van der Waals surface area (Å²) in [4.78, 5) is 33.0. The van der Waals surface area contributed by atoms with Crippen molar-refractivity contribution in [2.24, 2.45) is 28.6 Å². The molecule has 0 amide bonds. The molecule has 2 unspecified atom stereocenters. The predicted molar refractivity (Wildman–Crippen MR) is 143 cm³/mol. The molecule has 0 aliphatic heterocycles. The summed E-state index contributed by atoms with van der Waals surface area (Å²) >= 11 is 0. The molecule has 0 bridgehead atoms. The molecule has 0 heterocycles. The molecule has 3 fully saturated rings. The zero-order valence-corrected chi connectivity index (χ0v) is 23.4. The minimum Gasteiger partial charge on any atom is -0.390 e. The molecule has 10 atom stereocenters. The van der Waals surface area contributed by atoms with Crippen LogP contribution in [0.2, 0.25) is 0 Å². The number of halogens is 1. The summed E-state index contributed by atoms with van der Waals surface area (Å²) in [6, 6.07) is 8.43. The second-order valence-electron chi connectivity index (χ2n) is 11.9. The van der Waals surface area contributed by atoms with Gasteiger partial charge in [0.1, 0.15) is 12.2 Å². The molecule has 8 nitrogen and oxygen atoms in total. The number of aliphatic hydroxyl groups is 4. The molecular weight excluding hydrogens is 526 g/mol. The normalized spacial score (nSPS) is 42.2. The number of Topliss-reactive ketones (excluding diaryl/α,β-unsaturated/α-hetero) is 1. The zero-order chi connectivity index (χ0) is 29.0. The number of allylic oxidation sites excluding steroid dienone is 4. The first kappa shape index (κ1) is 30.0. The molecule has 39 heavy (non-hydrogen) atoms. The fraction of sp³-hybridized carbons (Fsp3) is 0.586. The SMILES string of the molecule is C[C@H]1C[C@H]2[C@@H]3CCC4=CC(=O)C=C[C@]4(C)[C@@]3(F)[C@@H](O)C[C@]2(C)[C@@]1(O)C(=O)CO.O=[PH](O)C(O)c1ccccc1. The average molecular weight is 565 g/mol. The third-order valence-corrected chi connectivity index (χ3v) is 10.9. The highest BCUT2D eigenvalue weighted by Crippen LogP contribution is 2.70. The van der Waals surface area contributed by atoms with E-state index in [0.717, 1.165) is 0 Å². The van der Waals surface area contributed by atoms with Gasteiger partial charge in [-0.25, -0.2) is 4.39 Å². The van der Waals surface area contributed by atoms with Gasteiger partial charge in [0.15, 0.2) is 23.1 Å². The fourth-order valence-corrected chi connectivity index (χ4v) is 8.52.